The summed E-state index contributed by atoms with van der Waals surface area (Å²) in [5.74, 6) is 2.29. The third-order valence-corrected chi connectivity index (χ3v) is 4.55. The summed E-state index contributed by atoms with van der Waals surface area (Å²) in [4.78, 5) is 0. The first-order chi connectivity index (χ1) is 5.64. The summed E-state index contributed by atoms with van der Waals surface area (Å²) < 4.78 is 25.0. The normalized spacial score (nSPS) is 25.6. The molecule has 1 fully saturated rings. The monoisotopic (exact) mass is 209 g/mol. The highest BCUT2D eigenvalue weighted by molar-refractivity contribution is 7.99. The Hall–Kier alpha value is 0.260. The quantitative estimate of drug-likeness (QED) is 0.748. The van der Waals surface area contributed by atoms with Crippen LogP contribution in [-0.4, -0.2) is 31.7 Å². The van der Waals surface area contributed by atoms with Gasteiger partial charge in [0, 0.05) is 11.8 Å². The lowest BCUT2D eigenvalue weighted by Crippen LogP contribution is -2.39. The Morgan fingerprint density at radius 2 is 2.33 bits per heavy atom. The Kier molecular flexibility index (Phi) is 3.86. The fraction of sp³-hybridized carbons (Fsp3) is 1.00. The maximum atomic E-state index is 11.1. The number of nitrogens with one attached hydrogen (secondary N) is 1. The summed E-state index contributed by atoms with van der Waals surface area (Å²) in [6.07, 6.45) is 2.12. The third kappa shape index (κ3) is 3.33. The van der Waals surface area contributed by atoms with E-state index in [-0.39, 0.29) is 11.8 Å². The van der Waals surface area contributed by atoms with Crippen LogP contribution in [0.25, 0.3) is 0 Å². The fourth-order valence-electron chi connectivity index (χ4n) is 1.17. The molecule has 12 heavy (non-hydrogen) atoms. The van der Waals surface area contributed by atoms with Gasteiger partial charge < -0.3 is 0 Å². The first-order valence-electron chi connectivity index (χ1n) is 4.22. The topological polar surface area (TPSA) is 46.2 Å². The van der Waals surface area contributed by atoms with E-state index in [0.29, 0.717) is 0 Å². The van der Waals surface area contributed by atoms with Gasteiger partial charge in [-0.2, -0.15) is 11.8 Å². The Labute approximate surface area is 78.4 Å². The molecule has 1 aliphatic heterocycles. The lowest BCUT2D eigenvalue weighted by Gasteiger charge is -2.21. The SMILES string of the molecule is CCS(=O)(=O)NC1CCCSC1. The molecule has 1 aliphatic rings. The van der Waals surface area contributed by atoms with Gasteiger partial charge in [-0.05, 0) is 25.5 Å². The lowest BCUT2D eigenvalue weighted by atomic mass is 10.2. The van der Waals surface area contributed by atoms with Crippen LogP contribution < -0.4 is 4.72 Å². The number of hydrogen-bond donors (Lipinski definition) is 1. The van der Waals surface area contributed by atoms with Gasteiger partial charge in [-0.3, -0.25) is 0 Å². The van der Waals surface area contributed by atoms with Crippen LogP contribution in [0.4, 0.5) is 0 Å². The molecule has 1 N–H and O–H groups in total. The zero-order valence-electron chi connectivity index (χ0n) is 7.25. The molecule has 0 spiro atoms. The standard InChI is InChI=1S/C7H15NO2S2/c1-2-12(9,10)8-7-4-3-5-11-6-7/h7-8H,2-6H2,1H3. The molecule has 0 aliphatic carbocycles. The van der Waals surface area contributed by atoms with Gasteiger partial charge >= 0.3 is 0 Å². The van der Waals surface area contributed by atoms with E-state index in [1.807, 2.05) is 11.8 Å². The van der Waals surface area contributed by atoms with Crippen molar-refractivity contribution in [1.29, 1.82) is 0 Å². The smallest absolute Gasteiger partial charge is 0.211 e. The van der Waals surface area contributed by atoms with Gasteiger partial charge in [0.25, 0.3) is 0 Å². The zero-order valence-corrected chi connectivity index (χ0v) is 8.88. The van der Waals surface area contributed by atoms with Gasteiger partial charge in [-0.15, -0.1) is 0 Å². The number of hydrogen-bond acceptors (Lipinski definition) is 3. The average Bonchev–Trinajstić information content (AvgIpc) is 2.06. The van der Waals surface area contributed by atoms with E-state index in [4.69, 9.17) is 0 Å². The Balaban J connectivity index is 2.39. The van der Waals surface area contributed by atoms with Crippen molar-refractivity contribution >= 4 is 21.8 Å². The van der Waals surface area contributed by atoms with Crippen LogP contribution in [-0.2, 0) is 10.0 Å². The van der Waals surface area contributed by atoms with Gasteiger partial charge in [-0.25, -0.2) is 13.1 Å². The van der Waals surface area contributed by atoms with Crippen LogP contribution in [0.5, 0.6) is 0 Å². The fourth-order valence-corrected chi connectivity index (χ4v) is 3.22. The predicted molar refractivity (Wildman–Crippen MR) is 52.9 cm³/mol. The van der Waals surface area contributed by atoms with Gasteiger partial charge in [-0.1, -0.05) is 0 Å². The largest absolute Gasteiger partial charge is 0.212 e. The zero-order chi connectivity index (χ0) is 9.03. The van der Waals surface area contributed by atoms with Crippen LogP contribution in [0.3, 0.4) is 0 Å². The van der Waals surface area contributed by atoms with E-state index in [1.165, 1.54) is 5.75 Å². The molecule has 0 aromatic rings. The first kappa shape index (κ1) is 10.3. The van der Waals surface area contributed by atoms with E-state index in [1.54, 1.807) is 6.92 Å². The molecule has 0 saturated carbocycles. The van der Waals surface area contributed by atoms with E-state index < -0.39 is 10.0 Å². The molecule has 0 aromatic carbocycles. The molecule has 1 atom stereocenters. The highest BCUT2D eigenvalue weighted by atomic mass is 32.2. The predicted octanol–water partition coefficient (Wildman–Crippen LogP) is 0.821. The van der Waals surface area contributed by atoms with Crippen molar-refractivity contribution in [2.24, 2.45) is 0 Å². The maximum absolute atomic E-state index is 11.1. The molecular weight excluding hydrogens is 194 g/mol. The highest BCUT2D eigenvalue weighted by Crippen LogP contribution is 2.17. The van der Waals surface area contributed by atoms with Crippen molar-refractivity contribution in [2.45, 2.75) is 25.8 Å². The molecule has 1 rings (SSSR count). The van der Waals surface area contributed by atoms with Gasteiger partial charge in [0.2, 0.25) is 10.0 Å². The second-order valence-electron chi connectivity index (χ2n) is 2.94. The van der Waals surface area contributed by atoms with E-state index in [0.717, 1.165) is 18.6 Å². The summed E-state index contributed by atoms with van der Waals surface area (Å²) in [6, 6.07) is 0.175. The van der Waals surface area contributed by atoms with Crippen LogP contribution >= 0.6 is 11.8 Å². The molecule has 0 radical (unpaired) electrons. The minimum atomic E-state index is -2.98. The van der Waals surface area contributed by atoms with Crippen LogP contribution in [0.15, 0.2) is 0 Å². The Morgan fingerprint density at radius 1 is 1.58 bits per heavy atom. The minimum Gasteiger partial charge on any atom is -0.212 e. The summed E-state index contributed by atoms with van der Waals surface area (Å²) in [7, 11) is -2.98. The molecule has 0 aromatic heterocycles. The average molecular weight is 209 g/mol. The molecule has 5 heteroatoms. The van der Waals surface area contributed by atoms with Crippen molar-refractivity contribution in [1.82, 2.24) is 4.72 Å². The van der Waals surface area contributed by atoms with Crippen molar-refractivity contribution in [3.63, 3.8) is 0 Å². The molecule has 1 heterocycles. The Morgan fingerprint density at radius 3 is 2.83 bits per heavy atom. The molecule has 3 nitrogen and oxygen atoms in total. The number of rotatable bonds is 3. The van der Waals surface area contributed by atoms with Crippen molar-refractivity contribution < 1.29 is 8.42 Å². The summed E-state index contributed by atoms with van der Waals surface area (Å²) in [5.41, 5.74) is 0. The van der Waals surface area contributed by atoms with Gasteiger partial charge in [0.15, 0.2) is 0 Å². The first-order valence-corrected chi connectivity index (χ1v) is 7.02. The van der Waals surface area contributed by atoms with Crippen molar-refractivity contribution in [2.75, 3.05) is 17.3 Å². The maximum Gasteiger partial charge on any atom is 0.211 e. The van der Waals surface area contributed by atoms with E-state index >= 15 is 0 Å². The second-order valence-corrected chi connectivity index (χ2v) is 6.13. The van der Waals surface area contributed by atoms with E-state index in [9.17, 15) is 8.42 Å². The second kappa shape index (κ2) is 4.48. The molecule has 0 amide bonds. The summed E-state index contributed by atoms with van der Waals surface area (Å²) in [6.45, 7) is 1.66. The highest BCUT2D eigenvalue weighted by Gasteiger charge is 2.18. The van der Waals surface area contributed by atoms with Crippen molar-refractivity contribution in [3.05, 3.63) is 0 Å². The van der Waals surface area contributed by atoms with Gasteiger partial charge in [0.1, 0.15) is 0 Å². The Bertz CT molecular complexity index is 220. The molecule has 1 unspecified atom stereocenters. The third-order valence-electron chi connectivity index (χ3n) is 1.89. The number of sulfonamides is 1. The van der Waals surface area contributed by atoms with Crippen LogP contribution in [0, 0.1) is 0 Å². The molecular formula is C7H15NO2S2. The molecule has 72 valence electrons. The van der Waals surface area contributed by atoms with Gasteiger partial charge in [0.05, 0.1) is 5.75 Å². The summed E-state index contributed by atoms with van der Waals surface area (Å²) in [5, 5.41) is 0. The minimum absolute atomic E-state index is 0.175. The summed E-state index contributed by atoms with van der Waals surface area (Å²) >= 11 is 1.83. The molecule has 1 saturated heterocycles. The van der Waals surface area contributed by atoms with Crippen molar-refractivity contribution in [3.8, 4) is 0 Å². The van der Waals surface area contributed by atoms with Crippen LogP contribution in [0.1, 0.15) is 19.8 Å². The van der Waals surface area contributed by atoms with Crippen LogP contribution in [0.2, 0.25) is 0 Å². The lowest BCUT2D eigenvalue weighted by molar-refractivity contribution is 0.544. The van der Waals surface area contributed by atoms with E-state index in [2.05, 4.69) is 4.72 Å². The molecule has 0 bridgehead atoms. The number of thioether (sulfide) groups is 1.